The Hall–Kier alpha value is -1.16. The molecule has 0 aromatic heterocycles. The zero-order valence-electron chi connectivity index (χ0n) is 47.9. The van der Waals surface area contributed by atoms with E-state index in [-0.39, 0.29) is 18.9 Å². The lowest BCUT2D eigenvalue weighted by atomic mass is 9.99. The number of aliphatic hydroxyl groups is 4. The van der Waals surface area contributed by atoms with Gasteiger partial charge < -0.3 is 35.2 Å². The van der Waals surface area contributed by atoms with Gasteiger partial charge in [-0.15, -0.1) is 0 Å². The summed E-state index contributed by atoms with van der Waals surface area (Å²) in [6.07, 6.45) is 54.5. The van der Waals surface area contributed by atoms with Gasteiger partial charge in [0.15, 0.2) is 6.29 Å². The molecular formula is C61H119NO11S. The third kappa shape index (κ3) is 42.8. The van der Waals surface area contributed by atoms with E-state index >= 15 is 0 Å². The molecule has 12 nitrogen and oxygen atoms in total. The fourth-order valence-corrected chi connectivity index (χ4v) is 11.0. The summed E-state index contributed by atoms with van der Waals surface area (Å²) in [4.78, 5) is 13.1. The summed E-state index contributed by atoms with van der Waals surface area (Å²) in [6, 6.07) is -0.939. The Morgan fingerprint density at radius 2 is 0.851 bits per heavy atom. The molecule has 1 aliphatic rings. The molecule has 0 spiro atoms. The lowest BCUT2D eigenvalue weighted by Crippen LogP contribution is -2.61. The van der Waals surface area contributed by atoms with Crippen LogP contribution in [0.2, 0.25) is 0 Å². The maximum Gasteiger partial charge on any atom is 0.397 e. The molecule has 0 radical (unpaired) electrons. The minimum absolute atomic E-state index is 0.256. The van der Waals surface area contributed by atoms with Crippen LogP contribution in [0.25, 0.3) is 0 Å². The molecule has 440 valence electrons. The summed E-state index contributed by atoms with van der Waals surface area (Å²) >= 11 is 0. The first-order valence-electron chi connectivity index (χ1n) is 31.6. The van der Waals surface area contributed by atoms with Crippen LogP contribution >= 0.6 is 0 Å². The van der Waals surface area contributed by atoms with E-state index in [4.69, 9.17) is 9.47 Å². The van der Waals surface area contributed by atoms with Crippen molar-refractivity contribution >= 4 is 16.3 Å². The van der Waals surface area contributed by atoms with Gasteiger partial charge in [0, 0.05) is 6.42 Å². The highest BCUT2D eigenvalue weighted by atomic mass is 32.3. The van der Waals surface area contributed by atoms with E-state index in [1.807, 2.05) is 6.08 Å². The molecule has 1 saturated heterocycles. The van der Waals surface area contributed by atoms with Crippen LogP contribution in [0, 0.1) is 0 Å². The summed E-state index contributed by atoms with van der Waals surface area (Å²) in [7, 11) is -5.09. The van der Waals surface area contributed by atoms with Crippen LogP contribution in [0.5, 0.6) is 0 Å². The molecule has 0 aromatic carbocycles. The summed E-state index contributed by atoms with van der Waals surface area (Å²) in [5.74, 6) is -0.256. The molecular weight excluding hydrogens is 955 g/mol. The molecule has 0 aliphatic carbocycles. The number of allylic oxidation sites excluding steroid dienone is 1. The second-order valence-electron chi connectivity index (χ2n) is 22.4. The molecule has 6 N–H and O–H groups in total. The van der Waals surface area contributed by atoms with Crippen molar-refractivity contribution in [1.29, 1.82) is 0 Å². The third-order valence-electron chi connectivity index (χ3n) is 15.3. The van der Waals surface area contributed by atoms with E-state index in [9.17, 15) is 38.2 Å². The smallest absolute Gasteiger partial charge is 0.394 e. The average Bonchev–Trinajstić information content (AvgIpc) is 3.38. The van der Waals surface area contributed by atoms with Crippen LogP contribution in [-0.2, 0) is 28.9 Å². The Kier molecular flexibility index (Phi) is 49.1. The summed E-state index contributed by atoms with van der Waals surface area (Å²) in [5.41, 5.74) is 0. The fraction of sp³-hybridized carbons (Fsp3) is 0.951. The topological polar surface area (TPSA) is 192 Å². The van der Waals surface area contributed by atoms with Gasteiger partial charge in [0.2, 0.25) is 5.91 Å². The summed E-state index contributed by atoms with van der Waals surface area (Å²) < 4.78 is 47.8. The number of nitrogens with one attached hydrogen (secondary N) is 1. The van der Waals surface area contributed by atoms with Gasteiger partial charge in [-0.05, 0) is 19.3 Å². The summed E-state index contributed by atoms with van der Waals surface area (Å²) in [5, 5.41) is 44.9. The number of hydrogen-bond acceptors (Lipinski definition) is 10. The first-order valence-corrected chi connectivity index (χ1v) is 32.9. The number of carbonyl (C=O) groups excluding carboxylic acids is 1. The highest BCUT2D eigenvalue weighted by molar-refractivity contribution is 7.80. The first kappa shape index (κ1) is 70.9. The Morgan fingerprint density at radius 3 is 1.18 bits per heavy atom. The number of carbonyl (C=O) groups is 1. The van der Waals surface area contributed by atoms with Crippen molar-refractivity contribution in [3.63, 3.8) is 0 Å². The predicted molar refractivity (Wildman–Crippen MR) is 306 cm³/mol. The van der Waals surface area contributed by atoms with Crippen molar-refractivity contribution in [2.45, 2.75) is 358 Å². The molecule has 1 aliphatic heterocycles. The highest BCUT2D eigenvalue weighted by Gasteiger charge is 2.48. The molecule has 1 fully saturated rings. The second-order valence-corrected chi connectivity index (χ2v) is 23.4. The predicted octanol–water partition coefficient (Wildman–Crippen LogP) is 15.4. The molecule has 1 heterocycles. The number of ether oxygens (including phenoxy) is 2. The third-order valence-corrected chi connectivity index (χ3v) is 15.8. The molecule has 7 unspecified atom stereocenters. The monoisotopic (exact) mass is 1070 g/mol. The Balaban J connectivity index is 2.15. The van der Waals surface area contributed by atoms with Gasteiger partial charge in [-0.25, -0.2) is 4.18 Å². The van der Waals surface area contributed by atoms with Gasteiger partial charge in [-0.1, -0.05) is 302 Å². The van der Waals surface area contributed by atoms with Crippen molar-refractivity contribution in [2.75, 3.05) is 13.2 Å². The molecule has 0 saturated carbocycles. The number of rotatable bonds is 56. The van der Waals surface area contributed by atoms with Gasteiger partial charge in [-0.3, -0.25) is 9.35 Å². The maximum absolute atomic E-state index is 13.1. The molecule has 1 rings (SSSR count). The fourth-order valence-electron chi connectivity index (χ4n) is 10.5. The molecule has 0 aromatic rings. The van der Waals surface area contributed by atoms with Gasteiger partial charge in [-0.2, -0.15) is 8.42 Å². The normalized spacial score (nSPS) is 19.1. The Bertz CT molecular complexity index is 1350. The van der Waals surface area contributed by atoms with E-state index in [1.54, 1.807) is 6.08 Å². The zero-order valence-corrected chi connectivity index (χ0v) is 48.8. The lowest BCUT2D eigenvalue weighted by Gasteiger charge is -2.41. The van der Waals surface area contributed by atoms with Crippen LogP contribution in [0.1, 0.15) is 316 Å². The molecule has 13 heteroatoms. The van der Waals surface area contributed by atoms with Crippen LogP contribution in [0.4, 0.5) is 0 Å². The SMILES string of the molecule is CCCCCCCCCCCC/C=C/C(O)C(COC1OC(CO)C(O)C(OS(=O)(=O)O)C1O)NC(=O)CCCCCCCCCCCCCCCCCCCCCCCCCCCCCCCCCCCCC. The van der Waals surface area contributed by atoms with Crippen molar-refractivity contribution in [1.82, 2.24) is 5.32 Å². The Morgan fingerprint density at radius 1 is 0.527 bits per heavy atom. The number of aliphatic hydroxyl groups excluding tert-OH is 4. The van der Waals surface area contributed by atoms with Gasteiger partial charge in [0.1, 0.15) is 24.4 Å². The van der Waals surface area contributed by atoms with Crippen LogP contribution < -0.4 is 5.32 Å². The summed E-state index contributed by atoms with van der Waals surface area (Å²) in [6.45, 7) is 3.42. The first-order chi connectivity index (χ1) is 36.0. The highest BCUT2D eigenvalue weighted by Crippen LogP contribution is 2.26. The number of amides is 1. The minimum Gasteiger partial charge on any atom is -0.394 e. The number of hydrogen-bond donors (Lipinski definition) is 6. The van der Waals surface area contributed by atoms with Crippen molar-refractivity contribution in [3.8, 4) is 0 Å². The van der Waals surface area contributed by atoms with E-state index in [0.717, 1.165) is 38.5 Å². The quantitative estimate of drug-likeness (QED) is 0.0193. The van der Waals surface area contributed by atoms with Crippen molar-refractivity contribution in [2.24, 2.45) is 0 Å². The largest absolute Gasteiger partial charge is 0.397 e. The minimum atomic E-state index is -5.09. The van der Waals surface area contributed by atoms with Crippen molar-refractivity contribution in [3.05, 3.63) is 12.2 Å². The standard InChI is InChI=1S/C61H119NO11S/c1-3-5-7-9-11-13-15-17-18-19-20-21-22-23-24-25-26-27-28-29-30-31-32-33-34-35-36-37-38-39-41-43-45-47-49-51-57(65)62-54(55(64)50-48-46-44-42-40-16-14-12-10-8-6-4-2)53-71-61-59(67)60(73-74(68,69)70)58(66)56(52-63)72-61/h48,50,54-56,58-61,63-64,66-67H,3-47,49,51-53H2,1-2H3,(H,62,65)(H,68,69,70)/b50-48+. The second kappa shape index (κ2) is 51.3. The van der Waals surface area contributed by atoms with Crippen LogP contribution in [0.15, 0.2) is 12.2 Å². The van der Waals surface area contributed by atoms with E-state index in [0.29, 0.717) is 6.42 Å². The molecule has 0 bridgehead atoms. The van der Waals surface area contributed by atoms with Gasteiger partial charge in [0.05, 0.1) is 25.4 Å². The van der Waals surface area contributed by atoms with Crippen LogP contribution in [-0.4, -0.2) is 95.4 Å². The Labute approximate surface area is 455 Å². The zero-order chi connectivity index (χ0) is 54.0. The molecule has 1 amide bonds. The van der Waals surface area contributed by atoms with E-state index in [2.05, 4.69) is 23.3 Å². The lowest BCUT2D eigenvalue weighted by molar-refractivity contribution is -0.298. The van der Waals surface area contributed by atoms with E-state index < -0.39 is 59.9 Å². The van der Waals surface area contributed by atoms with Crippen LogP contribution in [0.3, 0.4) is 0 Å². The molecule has 7 atom stereocenters. The van der Waals surface area contributed by atoms with Gasteiger partial charge in [0.25, 0.3) is 0 Å². The average molecular weight is 1070 g/mol. The van der Waals surface area contributed by atoms with Gasteiger partial charge >= 0.3 is 10.4 Å². The molecule has 74 heavy (non-hydrogen) atoms. The maximum atomic E-state index is 13.1. The van der Waals surface area contributed by atoms with Crippen molar-refractivity contribution < 1.29 is 51.8 Å². The number of unbranched alkanes of at least 4 members (excludes halogenated alkanes) is 44. The van der Waals surface area contributed by atoms with E-state index in [1.165, 1.54) is 250 Å².